The van der Waals surface area contributed by atoms with Crippen molar-refractivity contribution in [2.75, 3.05) is 25.6 Å². The highest BCUT2D eigenvalue weighted by Crippen LogP contribution is 2.41. The Hall–Kier alpha value is -2.22. The summed E-state index contributed by atoms with van der Waals surface area (Å²) in [6, 6.07) is 6.01. The SMILES string of the molecule is COCCNc1nc2c(s1)Cc1cc(/C=C/C(=O)NO)ccc1-2. The minimum absolute atomic E-state index is 0.543. The van der Waals surface area contributed by atoms with Crippen LogP contribution in [0.4, 0.5) is 5.13 Å². The lowest BCUT2D eigenvalue weighted by atomic mass is 10.1. The molecular formula is C16H17N3O3S. The number of anilines is 1. The van der Waals surface area contributed by atoms with Gasteiger partial charge in [-0.2, -0.15) is 0 Å². The van der Waals surface area contributed by atoms with Crippen molar-refractivity contribution in [2.45, 2.75) is 6.42 Å². The lowest BCUT2D eigenvalue weighted by Crippen LogP contribution is -2.14. The highest BCUT2D eigenvalue weighted by Gasteiger charge is 2.23. The second kappa shape index (κ2) is 6.91. The van der Waals surface area contributed by atoms with E-state index in [0.29, 0.717) is 6.61 Å². The van der Waals surface area contributed by atoms with E-state index in [-0.39, 0.29) is 0 Å². The van der Waals surface area contributed by atoms with Crippen LogP contribution >= 0.6 is 11.3 Å². The molecule has 1 heterocycles. The summed E-state index contributed by atoms with van der Waals surface area (Å²) >= 11 is 1.66. The second-order valence-corrected chi connectivity index (χ2v) is 6.20. The summed E-state index contributed by atoms with van der Waals surface area (Å²) in [5, 5.41) is 12.7. The minimum atomic E-state index is -0.543. The largest absolute Gasteiger partial charge is 0.383 e. The number of carbonyl (C=O) groups excluding carboxylic acids is 1. The molecule has 0 unspecified atom stereocenters. The number of nitrogens with zero attached hydrogens (tertiary/aromatic N) is 1. The highest BCUT2D eigenvalue weighted by molar-refractivity contribution is 7.16. The molecule has 3 N–H and O–H groups in total. The first kappa shape index (κ1) is 15.7. The molecule has 0 saturated carbocycles. The second-order valence-electron chi connectivity index (χ2n) is 5.11. The molecule has 1 aromatic heterocycles. The number of aromatic nitrogens is 1. The van der Waals surface area contributed by atoms with Crippen LogP contribution in [0.25, 0.3) is 17.3 Å². The van der Waals surface area contributed by atoms with Gasteiger partial charge in [0.2, 0.25) is 0 Å². The normalized spacial score (nSPS) is 12.3. The Balaban J connectivity index is 1.76. The van der Waals surface area contributed by atoms with Gasteiger partial charge in [0.15, 0.2) is 5.13 Å². The topological polar surface area (TPSA) is 83.5 Å². The fourth-order valence-corrected chi connectivity index (χ4v) is 3.52. The Kier molecular flexibility index (Phi) is 4.71. The summed E-state index contributed by atoms with van der Waals surface area (Å²) in [4.78, 5) is 16.9. The van der Waals surface area contributed by atoms with Gasteiger partial charge >= 0.3 is 0 Å². The van der Waals surface area contributed by atoms with E-state index < -0.39 is 5.91 Å². The van der Waals surface area contributed by atoms with Crippen LogP contribution in [0.15, 0.2) is 24.3 Å². The van der Waals surface area contributed by atoms with Gasteiger partial charge in [0, 0.05) is 36.6 Å². The molecule has 6 nitrogen and oxygen atoms in total. The van der Waals surface area contributed by atoms with Gasteiger partial charge in [0.1, 0.15) is 0 Å². The molecule has 0 bridgehead atoms. The van der Waals surface area contributed by atoms with Gasteiger partial charge in [-0.05, 0) is 17.2 Å². The average molecular weight is 331 g/mol. The van der Waals surface area contributed by atoms with Crippen LogP contribution < -0.4 is 10.8 Å². The first-order chi connectivity index (χ1) is 11.2. The molecule has 0 spiro atoms. The molecular weight excluding hydrogens is 314 g/mol. The Morgan fingerprint density at radius 3 is 3.17 bits per heavy atom. The summed E-state index contributed by atoms with van der Waals surface area (Å²) in [7, 11) is 1.68. The molecule has 3 rings (SSSR count). The summed E-state index contributed by atoms with van der Waals surface area (Å²) in [5.41, 5.74) is 5.87. The van der Waals surface area contributed by atoms with Crippen LogP contribution in [0.5, 0.6) is 0 Å². The zero-order valence-corrected chi connectivity index (χ0v) is 13.4. The summed E-state index contributed by atoms with van der Waals surface area (Å²) < 4.78 is 5.02. The smallest absolute Gasteiger partial charge is 0.267 e. The third kappa shape index (κ3) is 3.42. The number of hydroxylamine groups is 1. The maximum absolute atomic E-state index is 11.0. The van der Waals surface area contributed by atoms with E-state index in [1.54, 1.807) is 30.0 Å². The van der Waals surface area contributed by atoms with E-state index in [1.807, 2.05) is 18.2 Å². The van der Waals surface area contributed by atoms with Crippen LogP contribution in [0.2, 0.25) is 0 Å². The first-order valence-electron chi connectivity index (χ1n) is 7.19. The zero-order valence-electron chi connectivity index (χ0n) is 12.6. The number of hydrogen-bond acceptors (Lipinski definition) is 6. The molecule has 1 aliphatic carbocycles. The van der Waals surface area contributed by atoms with E-state index >= 15 is 0 Å². The van der Waals surface area contributed by atoms with Gasteiger partial charge in [0.05, 0.1) is 12.3 Å². The van der Waals surface area contributed by atoms with Gasteiger partial charge in [-0.1, -0.05) is 18.2 Å². The maximum atomic E-state index is 11.0. The van der Waals surface area contributed by atoms with E-state index in [2.05, 4.69) is 10.3 Å². The average Bonchev–Trinajstić information content (AvgIpc) is 3.09. The number of rotatable bonds is 6. The van der Waals surface area contributed by atoms with Gasteiger partial charge < -0.3 is 10.1 Å². The zero-order chi connectivity index (χ0) is 16.2. The van der Waals surface area contributed by atoms with Crippen molar-refractivity contribution in [1.29, 1.82) is 0 Å². The fraction of sp³-hybridized carbons (Fsp3) is 0.250. The maximum Gasteiger partial charge on any atom is 0.267 e. The van der Waals surface area contributed by atoms with Crippen molar-refractivity contribution in [3.63, 3.8) is 0 Å². The monoisotopic (exact) mass is 331 g/mol. The number of methoxy groups -OCH3 is 1. The summed E-state index contributed by atoms with van der Waals surface area (Å²) in [5.74, 6) is -0.543. The third-order valence-corrected chi connectivity index (χ3v) is 4.57. The van der Waals surface area contributed by atoms with E-state index in [9.17, 15) is 4.79 Å². The standard InChI is InChI=1S/C16H17N3O3S/c1-22-7-6-17-16-18-15-12-4-2-10(3-5-14(20)19-21)8-11(12)9-13(15)23-16/h2-5,8,21H,6-7,9H2,1H3,(H,17,18)(H,19,20)/b5-3+. The molecule has 0 fully saturated rings. The van der Waals surface area contributed by atoms with Crippen molar-refractivity contribution < 1.29 is 14.7 Å². The summed E-state index contributed by atoms with van der Waals surface area (Å²) in [6.07, 6.45) is 3.81. The number of carbonyl (C=O) groups is 1. The van der Waals surface area contributed by atoms with E-state index in [1.165, 1.54) is 16.5 Å². The van der Waals surface area contributed by atoms with Gasteiger partial charge in [-0.25, -0.2) is 10.5 Å². The number of amides is 1. The third-order valence-electron chi connectivity index (χ3n) is 3.55. The van der Waals surface area contributed by atoms with Gasteiger partial charge in [0.25, 0.3) is 5.91 Å². The number of benzene rings is 1. The van der Waals surface area contributed by atoms with Crippen LogP contribution in [-0.4, -0.2) is 36.4 Å². The van der Waals surface area contributed by atoms with Crippen LogP contribution in [0, 0.1) is 0 Å². The molecule has 1 aromatic carbocycles. The Labute approximate surface area is 137 Å². The predicted octanol–water partition coefficient (Wildman–Crippen LogP) is 2.29. The number of hydrogen-bond donors (Lipinski definition) is 3. The molecule has 0 aliphatic heterocycles. The Morgan fingerprint density at radius 2 is 2.39 bits per heavy atom. The van der Waals surface area contributed by atoms with E-state index in [0.717, 1.165) is 34.9 Å². The van der Waals surface area contributed by atoms with Crippen molar-refractivity contribution >= 4 is 28.5 Å². The quantitative estimate of drug-likeness (QED) is 0.279. The summed E-state index contributed by atoms with van der Waals surface area (Å²) in [6.45, 7) is 1.39. The van der Waals surface area contributed by atoms with Gasteiger partial charge in [-0.15, -0.1) is 11.3 Å². The van der Waals surface area contributed by atoms with Crippen LogP contribution in [0.3, 0.4) is 0 Å². The lowest BCUT2D eigenvalue weighted by molar-refractivity contribution is -0.124. The van der Waals surface area contributed by atoms with Gasteiger partial charge in [-0.3, -0.25) is 10.0 Å². The Bertz CT molecular complexity index is 755. The molecule has 120 valence electrons. The first-order valence-corrected chi connectivity index (χ1v) is 8.01. The van der Waals surface area contributed by atoms with Crippen LogP contribution in [0.1, 0.15) is 16.0 Å². The van der Waals surface area contributed by atoms with Crippen molar-refractivity contribution in [1.82, 2.24) is 10.5 Å². The molecule has 7 heteroatoms. The van der Waals surface area contributed by atoms with Crippen LogP contribution in [-0.2, 0) is 16.0 Å². The number of thiazole rings is 1. The molecule has 2 aromatic rings. The molecule has 0 atom stereocenters. The minimum Gasteiger partial charge on any atom is -0.383 e. The molecule has 1 aliphatic rings. The van der Waals surface area contributed by atoms with Crippen molar-refractivity contribution in [3.8, 4) is 11.3 Å². The Morgan fingerprint density at radius 1 is 1.52 bits per heavy atom. The molecule has 1 amide bonds. The number of ether oxygens (including phenoxy) is 1. The van der Waals surface area contributed by atoms with Crippen molar-refractivity contribution in [2.24, 2.45) is 0 Å². The lowest BCUT2D eigenvalue weighted by Gasteiger charge is -2.03. The van der Waals surface area contributed by atoms with E-state index in [4.69, 9.17) is 9.94 Å². The molecule has 0 radical (unpaired) electrons. The number of nitrogens with one attached hydrogen (secondary N) is 2. The fourth-order valence-electron chi connectivity index (χ4n) is 2.49. The van der Waals surface area contributed by atoms with Crippen molar-refractivity contribution in [3.05, 3.63) is 40.3 Å². The predicted molar refractivity (Wildman–Crippen MR) is 89.7 cm³/mol. The highest BCUT2D eigenvalue weighted by atomic mass is 32.1. The number of fused-ring (bicyclic) bond motifs is 3. The molecule has 0 saturated heterocycles. The molecule has 23 heavy (non-hydrogen) atoms.